The summed E-state index contributed by atoms with van der Waals surface area (Å²) in [6.07, 6.45) is 0.984. The number of aryl methyl sites for hydroxylation is 1. The molecule has 98 valence electrons. The Morgan fingerprint density at radius 2 is 1.90 bits per heavy atom. The average Bonchev–Trinajstić information content (AvgIpc) is 2.87. The Balaban J connectivity index is 2.17. The highest BCUT2D eigenvalue weighted by molar-refractivity contribution is 6.01. The molecule has 2 nitrogen and oxygen atoms in total. The molecule has 1 aliphatic rings. The van der Waals surface area contributed by atoms with Crippen LogP contribution in [0.15, 0.2) is 42.5 Å². The van der Waals surface area contributed by atoms with Gasteiger partial charge in [-0.1, -0.05) is 36.4 Å². The van der Waals surface area contributed by atoms with Gasteiger partial charge in [0.25, 0.3) is 0 Å². The van der Waals surface area contributed by atoms with Crippen molar-refractivity contribution in [1.82, 2.24) is 4.98 Å². The predicted molar refractivity (Wildman–Crippen MR) is 81.3 cm³/mol. The van der Waals surface area contributed by atoms with Gasteiger partial charge >= 0.3 is 0 Å². The molecular formula is C18H15NO. The van der Waals surface area contributed by atoms with Gasteiger partial charge in [0.15, 0.2) is 0 Å². The summed E-state index contributed by atoms with van der Waals surface area (Å²) in [5.74, 6) is 0.845. The third kappa shape index (κ3) is 1.42. The molecule has 2 aromatic carbocycles. The van der Waals surface area contributed by atoms with Crippen molar-refractivity contribution in [3.05, 3.63) is 59.3 Å². The summed E-state index contributed by atoms with van der Waals surface area (Å²) in [6, 6.07) is 14.8. The standard InChI is InChI=1S/C18H15NO/c1-11-15-10-12-6-3-4-7-13(12)17(15)14-8-5-9-16(20-2)18(14)19-11/h3-9H,10H2,1-2H3. The highest BCUT2D eigenvalue weighted by atomic mass is 16.5. The maximum Gasteiger partial charge on any atom is 0.145 e. The number of nitrogens with zero attached hydrogens (tertiary/aromatic N) is 1. The van der Waals surface area contributed by atoms with Gasteiger partial charge in [-0.25, -0.2) is 4.98 Å². The lowest BCUT2D eigenvalue weighted by molar-refractivity contribution is 0.419. The van der Waals surface area contributed by atoms with Crippen molar-refractivity contribution in [3.63, 3.8) is 0 Å². The summed E-state index contributed by atoms with van der Waals surface area (Å²) < 4.78 is 5.47. The minimum Gasteiger partial charge on any atom is -0.494 e. The van der Waals surface area contributed by atoms with Crippen LogP contribution in [-0.2, 0) is 6.42 Å². The third-order valence-electron chi connectivity index (χ3n) is 4.16. The molecule has 1 aliphatic carbocycles. The molecule has 0 atom stereocenters. The van der Waals surface area contributed by atoms with Crippen LogP contribution in [0.4, 0.5) is 0 Å². The van der Waals surface area contributed by atoms with E-state index in [1.807, 2.05) is 12.1 Å². The van der Waals surface area contributed by atoms with Gasteiger partial charge in [-0.3, -0.25) is 0 Å². The van der Waals surface area contributed by atoms with Crippen molar-refractivity contribution >= 4 is 10.9 Å². The molecule has 0 spiro atoms. The fourth-order valence-corrected chi connectivity index (χ4v) is 3.22. The lowest BCUT2D eigenvalue weighted by Gasteiger charge is -2.11. The number of methoxy groups -OCH3 is 1. The zero-order chi connectivity index (χ0) is 13.7. The van der Waals surface area contributed by atoms with E-state index in [1.54, 1.807) is 7.11 Å². The summed E-state index contributed by atoms with van der Waals surface area (Å²) in [5.41, 5.74) is 7.49. The molecule has 0 amide bonds. The molecule has 0 unspecified atom stereocenters. The summed E-state index contributed by atoms with van der Waals surface area (Å²) in [4.78, 5) is 4.78. The van der Waals surface area contributed by atoms with Crippen molar-refractivity contribution in [2.24, 2.45) is 0 Å². The minimum atomic E-state index is 0.845. The fraction of sp³-hybridized carbons (Fsp3) is 0.167. The zero-order valence-electron chi connectivity index (χ0n) is 11.6. The van der Waals surface area contributed by atoms with Gasteiger partial charge in [-0.05, 0) is 35.2 Å². The van der Waals surface area contributed by atoms with Crippen LogP contribution in [0.25, 0.3) is 22.0 Å². The third-order valence-corrected chi connectivity index (χ3v) is 4.16. The first-order valence-electron chi connectivity index (χ1n) is 6.84. The van der Waals surface area contributed by atoms with Crippen LogP contribution in [0.5, 0.6) is 5.75 Å². The molecule has 0 bridgehead atoms. The van der Waals surface area contributed by atoms with Crippen LogP contribution in [0.2, 0.25) is 0 Å². The fourth-order valence-electron chi connectivity index (χ4n) is 3.22. The number of benzene rings is 2. The van der Waals surface area contributed by atoms with Crippen LogP contribution in [0, 0.1) is 6.92 Å². The molecule has 0 saturated carbocycles. The molecule has 1 aromatic heterocycles. The van der Waals surface area contributed by atoms with E-state index in [9.17, 15) is 0 Å². The van der Waals surface area contributed by atoms with E-state index < -0.39 is 0 Å². The summed E-state index contributed by atoms with van der Waals surface area (Å²) in [6.45, 7) is 2.09. The number of hydrogen-bond donors (Lipinski definition) is 0. The molecule has 0 N–H and O–H groups in total. The topological polar surface area (TPSA) is 22.1 Å². The van der Waals surface area contributed by atoms with Gasteiger partial charge < -0.3 is 4.74 Å². The molecule has 0 radical (unpaired) electrons. The first-order chi connectivity index (χ1) is 9.79. The van der Waals surface area contributed by atoms with Crippen LogP contribution in [-0.4, -0.2) is 12.1 Å². The first kappa shape index (κ1) is 11.5. The van der Waals surface area contributed by atoms with Gasteiger partial charge in [-0.15, -0.1) is 0 Å². The summed E-state index contributed by atoms with van der Waals surface area (Å²) in [7, 11) is 1.70. The van der Waals surface area contributed by atoms with Crippen molar-refractivity contribution in [2.45, 2.75) is 13.3 Å². The monoisotopic (exact) mass is 261 g/mol. The SMILES string of the molecule is COc1cccc2c3c(c(C)nc12)Cc1ccccc1-3. The van der Waals surface area contributed by atoms with Gasteiger partial charge in [0.1, 0.15) is 11.3 Å². The number of hydrogen-bond acceptors (Lipinski definition) is 2. The van der Waals surface area contributed by atoms with Crippen LogP contribution >= 0.6 is 0 Å². The first-order valence-corrected chi connectivity index (χ1v) is 6.84. The number of fused-ring (bicyclic) bond motifs is 5. The maximum atomic E-state index is 5.47. The number of aromatic nitrogens is 1. The van der Waals surface area contributed by atoms with Gasteiger partial charge in [0.2, 0.25) is 0 Å². The van der Waals surface area contributed by atoms with Crippen LogP contribution in [0.1, 0.15) is 16.8 Å². The summed E-state index contributed by atoms with van der Waals surface area (Å²) in [5, 5.41) is 1.19. The Hall–Kier alpha value is -2.35. The lowest BCUT2D eigenvalue weighted by Crippen LogP contribution is -1.95. The minimum absolute atomic E-state index is 0.845. The largest absolute Gasteiger partial charge is 0.494 e. The van der Waals surface area contributed by atoms with Crippen molar-refractivity contribution < 1.29 is 4.74 Å². The van der Waals surface area contributed by atoms with E-state index in [2.05, 4.69) is 37.3 Å². The highest BCUT2D eigenvalue weighted by Crippen LogP contribution is 2.43. The normalized spacial score (nSPS) is 12.3. The molecule has 0 saturated heterocycles. The van der Waals surface area contributed by atoms with E-state index in [0.717, 1.165) is 23.4 Å². The zero-order valence-corrected chi connectivity index (χ0v) is 11.6. The smallest absolute Gasteiger partial charge is 0.145 e. The number of ether oxygens (including phenoxy) is 1. The van der Waals surface area contributed by atoms with Gasteiger partial charge in [0.05, 0.1) is 7.11 Å². The van der Waals surface area contributed by atoms with E-state index >= 15 is 0 Å². The second-order valence-corrected chi connectivity index (χ2v) is 5.24. The Labute approximate surface area is 118 Å². The predicted octanol–water partition coefficient (Wildman–Crippen LogP) is 4.12. The van der Waals surface area contributed by atoms with E-state index in [1.165, 1.54) is 27.6 Å². The number of pyridine rings is 1. The second kappa shape index (κ2) is 4.07. The summed E-state index contributed by atoms with van der Waals surface area (Å²) >= 11 is 0. The Morgan fingerprint density at radius 1 is 1.05 bits per heavy atom. The van der Waals surface area contributed by atoms with Crippen molar-refractivity contribution in [2.75, 3.05) is 7.11 Å². The molecule has 20 heavy (non-hydrogen) atoms. The quantitative estimate of drug-likeness (QED) is 0.514. The van der Waals surface area contributed by atoms with Crippen LogP contribution < -0.4 is 4.74 Å². The Morgan fingerprint density at radius 3 is 2.75 bits per heavy atom. The Bertz CT molecular complexity index is 836. The number of rotatable bonds is 1. The van der Waals surface area contributed by atoms with Gasteiger partial charge in [-0.2, -0.15) is 0 Å². The van der Waals surface area contributed by atoms with Crippen LogP contribution in [0.3, 0.4) is 0 Å². The van der Waals surface area contributed by atoms with E-state index in [4.69, 9.17) is 9.72 Å². The average molecular weight is 261 g/mol. The second-order valence-electron chi connectivity index (χ2n) is 5.24. The maximum absolute atomic E-state index is 5.47. The highest BCUT2D eigenvalue weighted by Gasteiger charge is 2.23. The lowest BCUT2D eigenvalue weighted by atomic mass is 9.99. The molecule has 0 fully saturated rings. The van der Waals surface area contributed by atoms with Crippen molar-refractivity contribution in [3.8, 4) is 16.9 Å². The van der Waals surface area contributed by atoms with E-state index in [0.29, 0.717) is 0 Å². The molecule has 1 heterocycles. The van der Waals surface area contributed by atoms with Gasteiger partial charge in [0, 0.05) is 17.5 Å². The molecular weight excluding hydrogens is 246 g/mol. The molecule has 2 heteroatoms. The Kier molecular flexibility index (Phi) is 2.34. The van der Waals surface area contributed by atoms with Crippen molar-refractivity contribution in [1.29, 1.82) is 0 Å². The number of para-hydroxylation sites is 1. The molecule has 0 aliphatic heterocycles. The molecule has 4 rings (SSSR count). The molecule has 3 aromatic rings. The van der Waals surface area contributed by atoms with E-state index in [-0.39, 0.29) is 0 Å².